The van der Waals surface area contributed by atoms with E-state index >= 15 is 0 Å². The summed E-state index contributed by atoms with van der Waals surface area (Å²) in [5.41, 5.74) is 1.11. The summed E-state index contributed by atoms with van der Waals surface area (Å²) in [7, 11) is 0. The summed E-state index contributed by atoms with van der Waals surface area (Å²) < 4.78 is 12.0. The molecule has 1 aliphatic heterocycles. The lowest BCUT2D eigenvalue weighted by Gasteiger charge is -2.33. The molecule has 0 amide bonds. The second-order valence-corrected chi connectivity index (χ2v) is 4.45. The Kier molecular flexibility index (Phi) is 3.69. The van der Waals surface area contributed by atoms with Crippen LogP contribution in [-0.2, 0) is 11.2 Å². The predicted octanol–water partition coefficient (Wildman–Crippen LogP) is 2.52. The van der Waals surface area contributed by atoms with Crippen LogP contribution in [0.15, 0.2) is 24.3 Å². The largest absolute Gasteiger partial charge is 0.462 e. The van der Waals surface area contributed by atoms with Crippen molar-refractivity contribution in [1.29, 1.82) is 0 Å². The van der Waals surface area contributed by atoms with Crippen molar-refractivity contribution in [1.82, 2.24) is 0 Å². The first-order valence-corrected chi connectivity index (χ1v) is 6.28. The number of aliphatic hydroxyl groups excluding tert-OH is 1. The lowest BCUT2D eigenvalue weighted by Crippen LogP contribution is -2.41. The third-order valence-electron chi connectivity index (χ3n) is 3.38. The van der Waals surface area contributed by atoms with Crippen molar-refractivity contribution in [2.45, 2.75) is 45.0 Å². The van der Waals surface area contributed by atoms with Gasteiger partial charge in [-0.05, 0) is 11.6 Å². The highest BCUT2D eigenvalue weighted by molar-refractivity contribution is 5.35. The standard InChI is InChI=1S/C14H20O3/c1-3-14(4-2)16-12(10-15)9-11-7-5-6-8-13(11)17-14/h5-8,12,15H,3-4,9-10H2,1-2H3. The summed E-state index contributed by atoms with van der Waals surface area (Å²) in [6.07, 6.45) is 2.07. The molecule has 0 fully saturated rings. The van der Waals surface area contributed by atoms with Gasteiger partial charge in [0, 0.05) is 19.3 Å². The lowest BCUT2D eigenvalue weighted by atomic mass is 10.1. The Bertz CT molecular complexity index is 371. The summed E-state index contributed by atoms with van der Waals surface area (Å²) in [6.45, 7) is 4.12. The molecule has 0 bridgehead atoms. The maximum absolute atomic E-state index is 9.38. The molecule has 0 radical (unpaired) electrons. The molecule has 94 valence electrons. The molecule has 0 aromatic heterocycles. The van der Waals surface area contributed by atoms with Crippen molar-refractivity contribution in [3.63, 3.8) is 0 Å². The third kappa shape index (κ3) is 2.45. The number of benzene rings is 1. The predicted molar refractivity (Wildman–Crippen MR) is 66.0 cm³/mol. The Balaban J connectivity index is 2.36. The van der Waals surface area contributed by atoms with Crippen LogP contribution >= 0.6 is 0 Å². The van der Waals surface area contributed by atoms with Gasteiger partial charge in [0.2, 0.25) is 5.79 Å². The van der Waals surface area contributed by atoms with Crippen LogP contribution < -0.4 is 4.74 Å². The average Bonchev–Trinajstić information content (AvgIpc) is 2.55. The van der Waals surface area contributed by atoms with E-state index in [1.165, 1.54) is 0 Å². The fourth-order valence-corrected chi connectivity index (χ4v) is 2.25. The first kappa shape index (κ1) is 12.4. The molecule has 17 heavy (non-hydrogen) atoms. The van der Waals surface area contributed by atoms with Crippen LogP contribution in [0, 0.1) is 0 Å². The van der Waals surface area contributed by atoms with Crippen LogP contribution in [0.2, 0.25) is 0 Å². The van der Waals surface area contributed by atoms with E-state index in [0.717, 1.165) is 24.2 Å². The molecule has 0 spiro atoms. The van der Waals surface area contributed by atoms with Gasteiger partial charge in [0.25, 0.3) is 0 Å². The summed E-state index contributed by atoms with van der Waals surface area (Å²) in [5, 5.41) is 9.38. The van der Waals surface area contributed by atoms with E-state index in [9.17, 15) is 5.11 Å². The molecular formula is C14H20O3. The van der Waals surface area contributed by atoms with Crippen molar-refractivity contribution < 1.29 is 14.6 Å². The first-order chi connectivity index (χ1) is 8.23. The highest BCUT2D eigenvalue weighted by Gasteiger charge is 2.36. The zero-order valence-electron chi connectivity index (χ0n) is 10.5. The molecule has 3 nitrogen and oxygen atoms in total. The molecule has 0 saturated carbocycles. The fourth-order valence-electron chi connectivity index (χ4n) is 2.25. The number of hydrogen-bond acceptors (Lipinski definition) is 3. The van der Waals surface area contributed by atoms with Gasteiger partial charge in [-0.3, -0.25) is 0 Å². The minimum absolute atomic E-state index is 0.0272. The number of aliphatic hydroxyl groups is 1. The van der Waals surface area contributed by atoms with Gasteiger partial charge in [0.15, 0.2) is 0 Å². The van der Waals surface area contributed by atoms with Gasteiger partial charge >= 0.3 is 0 Å². The third-order valence-corrected chi connectivity index (χ3v) is 3.38. The van der Waals surface area contributed by atoms with Gasteiger partial charge in [-0.2, -0.15) is 0 Å². The SMILES string of the molecule is CCC1(CC)Oc2ccccc2CC(CO)O1. The monoisotopic (exact) mass is 236 g/mol. The topological polar surface area (TPSA) is 38.7 Å². The van der Waals surface area contributed by atoms with Gasteiger partial charge in [0.1, 0.15) is 5.75 Å². The number of rotatable bonds is 3. The highest BCUT2D eigenvalue weighted by Crippen LogP contribution is 2.34. The molecule has 2 rings (SSSR count). The van der Waals surface area contributed by atoms with E-state index in [2.05, 4.69) is 0 Å². The smallest absolute Gasteiger partial charge is 0.210 e. The molecule has 1 unspecified atom stereocenters. The quantitative estimate of drug-likeness (QED) is 0.876. The maximum Gasteiger partial charge on any atom is 0.210 e. The van der Waals surface area contributed by atoms with Crippen molar-refractivity contribution in [3.8, 4) is 5.75 Å². The summed E-state index contributed by atoms with van der Waals surface area (Å²) in [4.78, 5) is 0. The molecule has 1 atom stereocenters. The lowest BCUT2D eigenvalue weighted by molar-refractivity contribution is -0.215. The Morgan fingerprint density at radius 1 is 1.29 bits per heavy atom. The molecule has 3 heteroatoms. The van der Waals surface area contributed by atoms with Crippen LogP contribution in [0.25, 0.3) is 0 Å². The number of fused-ring (bicyclic) bond motifs is 1. The van der Waals surface area contributed by atoms with Gasteiger partial charge < -0.3 is 14.6 Å². The van der Waals surface area contributed by atoms with Crippen LogP contribution in [0.1, 0.15) is 32.3 Å². The van der Waals surface area contributed by atoms with E-state index in [-0.39, 0.29) is 12.7 Å². The molecule has 1 aromatic carbocycles. The molecular weight excluding hydrogens is 216 g/mol. The van der Waals surface area contributed by atoms with Crippen molar-refractivity contribution in [3.05, 3.63) is 29.8 Å². The van der Waals surface area contributed by atoms with Gasteiger partial charge in [-0.25, -0.2) is 0 Å². The second kappa shape index (κ2) is 5.07. The van der Waals surface area contributed by atoms with Gasteiger partial charge in [-0.15, -0.1) is 0 Å². The zero-order chi connectivity index (χ0) is 12.3. The minimum atomic E-state index is -0.597. The Morgan fingerprint density at radius 2 is 2.00 bits per heavy atom. The van der Waals surface area contributed by atoms with Gasteiger partial charge in [-0.1, -0.05) is 32.0 Å². The molecule has 0 saturated heterocycles. The summed E-state index contributed by atoms with van der Waals surface area (Å²) in [5.74, 6) is 0.284. The molecule has 0 aliphatic carbocycles. The van der Waals surface area contributed by atoms with E-state index < -0.39 is 5.79 Å². The van der Waals surface area contributed by atoms with Crippen LogP contribution in [0.5, 0.6) is 5.75 Å². The summed E-state index contributed by atoms with van der Waals surface area (Å²) in [6, 6.07) is 7.96. The normalized spacial score (nSPS) is 22.4. The maximum atomic E-state index is 9.38. The summed E-state index contributed by atoms with van der Waals surface area (Å²) >= 11 is 0. The van der Waals surface area contributed by atoms with Gasteiger partial charge in [0.05, 0.1) is 12.7 Å². The van der Waals surface area contributed by atoms with E-state index in [0.29, 0.717) is 6.42 Å². The van der Waals surface area contributed by atoms with Crippen LogP contribution in [0.3, 0.4) is 0 Å². The van der Waals surface area contributed by atoms with Crippen molar-refractivity contribution >= 4 is 0 Å². The molecule has 1 aliphatic rings. The van der Waals surface area contributed by atoms with Crippen molar-refractivity contribution in [2.24, 2.45) is 0 Å². The number of hydrogen-bond donors (Lipinski definition) is 1. The molecule has 1 aromatic rings. The molecule has 1 N–H and O–H groups in total. The van der Waals surface area contributed by atoms with Crippen LogP contribution in [0.4, 0.5) is 0 Å². The van der Waals surface area contributed by atoms with E-state index in [1.54, 1.807) is 0 Å². The Hall–Kier alpha value is -1.06. The average molecular weight is 236 g/mol. The number of ether oxygens (including phenoxy) is 2. The number of para-hydroxylation sites is 1. The van der Waals surface area contributed by atoms with E-state index in [1.807, 2.05) is 38.1 Å². The second-order valence-electron chi connectivity index (χ2n) is 4.45. The molecule has 1 heterocycles. The van der Waals surface area contributed by atoms with Crippen molar-refractivity contribution in [2.75, 3.05) is 6.61 Å². The highest BCUT2D eigenvalue weighted by atomic mass is 16.7. The first-order valence-electron chi connectivity index (χ1n) is 6.28. The Morgan fingerprint density at radius 3 is 2.65 bits per heavy atom. The van der Waals surface area contributed by atoms with E-state index in [4.69, 9.17) is 9.47 Å². The Labute approximate surface area is 102 Å². The zero-order valence-corrected chi connectivity index (χ0v) is 10.5. The minimum Gasteiger partial charge on any atom is -0.462 e. The van der Waals surface area contributed by atoms with Crippen LogP contribution in [-0.4, -0.2) is 23.6 Å². The fraction of sp³-hybridized carbons (Fsp3) is 0.571.